The summed E-state index contributed by atoms with van der Waals surface area (Å²) in [5.41, 5.74) is 3.03. The van der Waals surface area contributed by atoms with Crippen LogP contribution < -0.4 is 0 Å². The smallest absolute Gasteiger partial charge is 0.176 e. The van der Waals surface area contributed by atoms with E-state index >= 15 is 0 Å². The zero-order valence-electron chi connectivity index (χ0n) is 7.59. The Hall–Kier alpha value is -1.16. The molecule has 0 aliphatic heterocycles. The van der Waals surface area contributed by atoms with E-state index in [9.17, 15) is 0 Å². The normalized spacial score (nSPS) is 11.3. The molecule has 2 heterocycles. The third-order valence-electron chi connectivity index (χ3n) is 2.06. The number of pyridine rings is 1. The molecule has 0 saturated heterocycles. The van der Waals surface area contributed by atoms with Crippen LogP contribution in [-0.4, -0.2) is 15.0 Å². The molecule has 2 rings (SSSR count). The van der Waals surface area contributed by atoms with Crippen molar-refractivity contribution in [3.8, 4) is 0 Å². The molecule has 0 saturated carbocycles. The van der Waals surface area contributed by atoms with Crippen molar-refractivity contribution in [2.24, 2.45) is 0 Å². The second-order valence-electron chi connectivity index (χ2n) is 3.40. The van der Waals surface area contributed by atoms with E-state index in [1.54, 1.807) is 0 Å². The van der Waals surface area contributed by atoms with Gasteiger partial charge < -0.3 is 9.97 Å². The molecule has 0 unspecified atom stereocenters. The molecule has 68 valence electrons. The van der Waals surface area contributed by atoms with E-state index in [0.717, 1.165) is 11.2 Å². The summed E-state index contributed by atoms with van der Waals surface area (Å²) in [6.07, 6.45) is 1.88. The summed E-state index contributed by atoms with van der Waals surface area (Å²) in [7, 11) is 0. The number of aromatic nitrogens is 3. The van der Waals surface area contributed by atoms with Gasteiger partial charge >= 0.3 is 0 Å². The van der Waals surface area contributed by atoms with E-state index in [1.807, 2.05) is 6.20 Å². The van der Waals surface area contributed by atoms with Crippen molar-refractivity contribution in [3.63, 3.8) is 0 Å². The van der Waals surface area contributed by atoms with Crippen molar-refractivity contribution in [1.82, 2.24) is 15.0 Å². The second kappa shape index (κ2) is 2.96. The molecule has 0 aliphatic carbocycles. The van der Waals surface area contributed by atoms with Gasteiger partial charge in [-0.1, -0.05) is 13.8 Å². The van der Waals surface area contributed by atoms with E-state index in [2.05, 4.69) is 34.9 Å². The fourth-order valence-corrected chi connectivity index (χ4v) is 1.46. The largest absolute Gasteiger partial charge is 0.329 e. The Morgan fingerprint density at radius 1 is 1.38 bits per heavy atom. The summed E-state index contributed by atoms with van der Waals surface area (Å²) in [6.45, 7) is 4.29. The molecule has 2 aromatic rings. The fraction of sp³-hybridized carbons (Fsp3) is 0.333. The minimum Gasteiger partial charge on any atom is -0.329 e. The van der Waals surface area contributed by atoms with Crippen molar-refractivity contribution in [2.75, 3.05) is 0 Å². The van der Waals surface area contributed by atoms with E-state index in [-0.39, 0.29) is 0 Å². The minimum atomic E-state index is 0.494. The quantitative estimate of drug-likeness (QED) is 0.684. The summed E-state index contributed by atoms with van der Waals surface area (Å²) >= 11 is 4.97. The zero-order chi connectivity index (χ0) is 9.42. The molecule has 0 aliphatic rings. The highest BCUT2D eigenvalue weighted by Crippen LogP contribution is 2.16. The zero-order valence-corrected chi connectivity index (χ0v) is 8.40. The van der Waals surface area contributed by atoms with Crippen molar-refractivity contribution in [3.05, 3.63) is 22.6 Å². The van der Waals surface area contributed by atoms with Crippen LogP contribution in [0, 0.1) is 4.77 Å². The van der Waals surface area contributed by atoms with Crippen molar-refractivity contribution < 1.29 is 0 Å². The van der Waals surface area contributed by atoms with Gasteiger partial charge in [0.2, 0.25) is 0 Å². The third kappa shape index (κ3) is 1.49. The molecular weight excluding hydrogens is 182 g/mol. The molecular formula is C9H11N3S. The Morgan fingerprint density at radius 3 is 2.85 bits per heavy atom. The lowest BCUT2D eigenvalue weighted by molar-refractivity contribution is 0.861. The van der Waals surface area contributed by atoms with Gasteiger partial charge in [0.25, 0.3) is 0 Å². The number of hydrogen-bond acceptors (Lipinski definition) is 2. The van der Waals surface area contributed by atoms with Crippen LogP contribution in [0.3, 0.4) is 0 Å². The standard InChI is InChI=1S/C9H11N3S/c1-5(2)6-3-7-8(10-4-6)12-9(13)11-7/h3-5H,1-2H3,(H2,10,11,12,13). The van der Waals surface area contributed by atoms with Gasteiger partial charge in [0.05, 0.1) is 5.52 Å². The molecule has 0 bridgehead atoms. The number of fused-ring (bicyclic) bond motifs is 1. The van der Waals surface area contributed by atoms with Crippen LogP contribution in [0.5, 0.6) is 0 Å². The third-order valence-corrected chi connectivity index (χ3v) is 2.26. The van der Waals surface area contributed by atoms with E-state index in [4.69, 9.17) is 12.2 Å². The summed E-state index contributed by atoms with van der Waals surface area (Å²) in [6, 6.07) is 2.08. The molecule has 2 aromatic heterocycles. The number of aromatic amines is 2. The molecule has 13 heavy (non-hydrogen) atoms. The van der Waals surface area contributed by atoms with Gasteiger partial charge in [-0.25, -0.2) is 4.98 Å². The van der Waals surface area contributed by atoms with Crippen LogP contribution in [0.15, 0.2) is 12.3 Å². The summed E-state index contributed by atoms with van der Waals surface area (Å²) in [5, 5.41) is 0. The predicted octanol–water partition coefficient (Wildman–Crippen LogP) is 2.74. The SMILES string of the molecule is CC(C)c1cnc2[nH]c(=S)[nH]c2c1. The molecule has 0 fully saturated rings. The highest BCUT2D eigenvalue weighted by Gasteiger charge is 2.02. The van der Waals surface area contributed by atoms with Gasteiger partial charge in [0.1, 0.15) is 0 Å². The molecule has 3 nitrogen and oxygen atoms in total. The molecule has 0 aromatic carbocycles. The Balaban J connectivity index is 2.68. The first kappa shape index (κ1) is 8.44. The van der Waals surface area contributed by atoms with Gasteiger partial charge in [-0.05, 0) is 29.8 Å². The maximum atomic E-state index is 4.97. The number of nitrogens with zero attached hydrogens (tertiary/aromatic N) is 1. The van der Waals surface area contributed by atoms with Crippen LogP contribution in [-0.2, 0) is 0 Å². The fourth-order valence-electron chi connectivity index (χ4n) is 1.25. The van der Waals surface area contributed by atoms with Crippen molar-refractivity contribution >= 4 is 23.4 Å². The lowest BCUT2D eigenvalue weighted by atomic mass is 10.1. The molecule has 0 atom stereocenters. The first-order valence-electron chi connectivity index (χ1n) is 4.25. The van der Waals surface area contributed by atoms with Gasteiger partial charge in [0, 0.05) is 6.20 Å². The van der Waals surface area contributed by atoms with Gasteiger partial charge in [-0.3, -0.25) is 0 Å². The average Bonchev–Trinajstić information content (AvgIpc) is 2.42. The van der Waals surface area contributed by atoms with Crippen LogP contribution in [0.25, 0.3) is 11.2 Å². The number of nitrogens with one attached hydrogen (secondary N) is 2. The summed E-state index contributed by atoms with van der Waals surface area (Å²) in [4.78, 5) is 10.3. The molecule has 0 amide bonds. The Kier molecular flexibility index (Phi) is 1.92. The van der Waals surface area contributed by atoms with Crippen LogP contribution >= 0.6 is 12.2 Å². The monoisotopic (exact) mass is 193 g/mol. The predicted molar refractivity (Wildman–Crippen MR) is 55.4 cm³/mol. The number of imidazole rings is 1. The minimum absolute atomic E-state index is 0.494. The Labute approximate surface area is 81.2 Å². The Bertz CT molecular complexity index is 481. The summed E-state index contributed by atoms with van der Waals surface area (Å²) in [5.74, 6) is 0.494. The topological polar surface area (TPSA) is 44.5 Å². The van der Waals surface area contributed by atoms with E-state index < -0.39 is 0 Å². The van der Waals surface area contributed by atoms with Crippen LogP contribution in [0.1, 0.15) is 25.3 Å². The lowest BCUT2D eigenvalue weighted by Crippen LogP contribution is -1.88. The summed E-state index contributed by atoms with van der Waals surface area (Å²) < 4.78 is 0.628. The maximum absolute atomic E-state index is 4.97. The number of hydrogen-bond donors (Lipinski definition) is 2. The Morgan fingerprint density at radius 2 is 2.15 bits per heavy atom. The maximum Gasteiger partial charge on any atom is 0.176 e. The average molecular weight is 193 g/mol. The van der Waals surface area contributed by atoms with Gasteiger partial charge in [-0.15, -0.1) is 0 Å². The van der Waals surface area contributed by atoms with Crippen LogP contribution in [0.2, 0.25) is 0 Å². The van der Waals surface area contributed by atoms with Crippen molar-refractivity contribution in [2.45, 2.75) is 19.8 Å². The van der Waals surface area contributed by atoms with Crippen molar-refractivity contribution in [1.29, 1.82) is 0 Å². The molecule has 2 N–H and O–H groups in total. The second-order valence-corrected chi connectivity index (χ2v) is 3.81. The van der Waals surface area contributed by atoms with Gasteiger partial charge in [0.15, 0.2) is 10.4 Å². The first-order chi connectivity index (χ1) is 6.16. The van der Waals surface area contributed by atoms with Crippen LogP contribution in [0.4, 0.5) is 0 Å². The van der Waals surface area contributed by atoms with Gasteiger partial charge in [-0.2, -0.15) is 0 Å². The highest BCUT2D eigenvalue weighted by atomic mass is 32.1. The number of H-pyrrole nitrogens is 2. The molecule has 0 radical (unpaired) electrons. The highest BCUT2D eigenvalue weighted by molar-refractivity contribution is 7.71. The molecule has 0 spiro atoms. The lowest BCUT2D eigenvalue weighted by Gasteiger charge is -2.02. The van der Waals surface area contributed by atoms with E-state index in [0.29, 0.717) is 10.7 Å². The first-order valence-corrected chi connectivity index (χ1v) is 4.65. The number of rotatable bonds is 1. The molecule has 4 heteroatoms. The van der Waals surface area contributed by atoms with E-state index in [1.165, 1.54) is 5.56 Å².